The number of rotatable bonds is 3. The van der Waals surface area contributed by atoms with Gasteiger partial charge in [0.2, 0.25) is 0 Å². The standard InChI is InChI=1S/C9H12Cl2N2O/c1-14-9-6(8(13)4-12)2-5(10)3-7(9)11/h2-3,8H,4,12-13H2,1H3. The summed E-state index contributed by atoms with van der Waals surface area (Å²) in [4.78, 5) is 0. The molecule has 78 valence electrons. The summed E-state index contributed by atoms with van der Waals surface area (Å²) >= 11 is 11.8. The Hall–Kier alpha value is -0.480. The first-order valence-corrected chi connectivity index (χ1v) is 4.84. The molecule has 1 rings (SSSR count). The number of nitrogens with two attached hydrogens (primary N) is 2. The Morgan fingerprint density at radius 3 is 2.57 bits per heavy atom. The minimum atomic E-state index is -0.318. The van der Waals surface area contributed by atoms with Crippen molar-refractivity contribution in [2.24, 2.45) is 11.5 Å². The van der Waals surface area contributed by atoms with Crippen LogP contribution in [-0.2, 0) is 0 Å². The molecule has 1 atom stereocenters. The minimum absolute atomic E-state index is 0.313. The van der Waals surface area contributed by atoms with E-state index in [1.54, 1.807) is 12.1 Å². The topological polar surface area (TPSA) is 61.3 Å². The molecule has 0 spiro atoms. The van der Waals surface area contributed by atoms with E-state index in [9.17, 15) is 0 Å². The summed E-state index contributed by atoms with van der Waals surface area (Å²) < 4.78 is 5.13. The van der Waals surface area contributed by atoms with Crippen LogP contribution in [0.5, 0.6) is 5.75 Å². The maximum Gasteiger partial charge on any atom is 0.142 e. The largest absolute Gasteiger partial charge is 0.495 e. The third-order valence-electron chi connectivity index (χ3n) is 1.89. The molecule has 0 heterocycles. The molecule has 0 saturated carbocycles. The summed E-state index contributed by atoms with van der Waals surface area (Å²) in [7, 11) is 1.53. The molecular formula is C9H12Cl2N2O. The normalized spacial score (nSPS) is 12.6. The van der Waals surface area contributed by atoms with Gasteiger partial charge in [-0.05, 0) is 12.1 Å². The number of methoxy groups -OCH3 is 1. The van der Waals surface area contributed by atoms with Gasteiger partial charge in [-0.3, -0.25) is 0 Å². The zero-order valence-corrected chi connectivity index (χ0v) is 9.27. The molecule has 0 aromatic heterocycles. The average Bonchev–Trinajstić information content (AvgIpc) is 2.15. The molecule has 0 aliphatic heterocycles. The van der Waals surface area contributed by atoms with Crippen LogP contribution in [-0.4, -0.2) is 13.7 Å². The van der Waals surface area contributed by atoms with Gasteiger partial charge in [-0.15, -0.1) is 0 Å². The van der Waals surface area contributed by atoms with Gasteiger partial charge in [0.1, 0.15) is 5.75 Å². The van der Waals surface area contributed by atoms with Gasteiger partial charge in [0.15, 0.2) is 0 Å². The fraction of sp³-hybridized carbons (Fsp3) is 0.333. The van der Waals surface area contributed by atoms with Gasteiger partial charge in [0.25, 0.3) is 0 Å². The van der Waals surface area contributed by atoms with Gasteiger partial charge in [-0.2, -0.15) is 0 Å². The lowest BCUT2D eigenvalue weighted by atomic mass is 10.1. The van der Waals surface area contributed by atoms with Gasteiger partial charge in [-0.1, -0.05) is 23.2 Å². The number of hydrogen-bond acceptors (Lipinski definition) is 3. The number of hydrogen-bond donors (Lipinski definition) is 2. The SMILES string of the molecule is COc1c(Cl)cc(Cl)cc1C(N)CN. The van der Waals surface area contributed by atoms with Gasteiger partial charge in [0.05, 0.1) is 12.1 Å². The Morgan fingerprint density at radius 2 is 2.07 bits per heavy atom. The van der Waals surface area contributed by atoms with Gasteiger partial charge in [0, 0.05) is 23.2 Å². The molecule has 1 aromatic rings. The highest BCUT2D eigenvalue weighted by Gasteiger charge is 2.14. The fourth-order valence-corrected chi connectivity index (χ4v) is 1.78. The molecule has 14 heavy (non-hydrogen) atoms. The number of ether oxygens (including phenoxy) is 1. The molecule has 5 heteroatoms. The van der Waals surface area contributed by atoms with Gasteiger partial charge in [-0.25, -0.2) is 0 Å². The monoisotopic (exact) mass is 234 g/mol. The summed E-state index contributed by atoms with van der Waals surface area (Å²) in [6, 6.07) is 3.00. The molecule has 0 bridgehead atoms. The molecule has 3 nitrogen and oxygen atoms in total. The van der Waals surface area contributed by atoms with Crippen molar-refractivity contribution in [2.45, 2.75) is 6.04 Å². The van der Waals surface area contributed by atoms with Crippen LogP contribution in [0.3, 0.4) is 0 Å². The highest BCUT2D eigenvalue weighted by Crippen LogP contribution is 2.34. The molecular weight excluding hydrogens is 223 g/mol. The second-order valence-electron chi connectivity index (χ2n) is 2.85. The molecule has 0 radical (unpaired) electrons. The van der Waals surface area contributed by atoms with E-state index in [1.165, 1.54) is 7.11 Å². The van der Waals surface area contributed by atoms with Crippen LogP contribution in [0.25, 0.3) is 0 Å². The van der Waals surface area contributed by atoms with E-state index < -0.39 is 0 Å². The van der Waals surface area contributed by atoms with Crippen LogP contribution in [0, 0.1) is 0 Å². The quantitative estimate of drug-likeness (QED) is 0.841. The summed E-state index contributed by atoms with van der Waals surface area (Å²) in [6.07, 6.45) is 0. The molecule has 1 unspecified atom stereocenters. The van der Waals surface area contributed by atoms with Crippen LogP contribution in [0.2, 0.25) is 10.0 Å². The highest BCUT2D eigenvalue weighted by atomic mass is 35.5. The first-order valence-electron chi connectivity index (χ1n) is 4.08. The van der Waals surface area contributed by atoms with E-state index in [-0.39, 0.29) is 6.04 Å². The van der Waals surface area contributed by atoms with Crippen LogP contribution in [0.15, 0.2) is 12.1 Å². The molecule has 0 aliphatic rings. The van der Waals surface area contributed by atoms with E-state index in [0.29, 0.717) is 22.3 Å². The van der Waals surface area contributed by atoms with Crippen molar-refractivity contribution in [3.05, 3.63) is 27.7 Å². The Bertz CT molecular complexity index is 331. The molecule has 0 aliphatic carbocycles. The van der Waals surface area contributed by atoms with Crippen molar-refractivity contribution >= 4 is 23.2 Å². The first kappa shape index (κ1) is 11.6. The van der Waals surface area contributed by atoms with Gasteiger partial charge >= 0.3 is 0 Å². The highest BCUT2D eigenvalue weighted by molar-refractivity contribution is 6.35. The number of halogens is 2. The summed E-state index contributed by atoms with van der Waals surface area (Å²) in [5.41, 5.74) is 12.0. The van der Waals surface area contributed by atoms with E-state index >= 15 is 0 Å². The maximum atomic E-state index is 5.93. The van der Waals surface area contributed by atoms with Crippen LogP contribution in [0.1, 0.15) is 11.6 Å². The second kappa shape index (κ2) is 4.84. The van der Waals surface area contributed by atoms with Crippen LogP contribution < -0.4 is 16.2 Å². The Kier molecular flexibility index (Phi) is 4.01. The van der Waals surface area contributed by atoms with E-state index in [2.05, 4.69) is 0 Å². The predicted octanol–water partition coefficient (Wildman–Crippen LogP) is 1.96. The van der Waals surface area contributed by atoms with E-state index in [0.717, 1.165) is 5.56 Å². The Labute approximate surface area is 92.9 Å². The van der Waals surface area contributed by atoms with E-state index in [1.807, 2.05) is 0 Å². The molecule has 4 N–H and O–H groups in total. The van der Waals surface area contributed by atoms with E-state index in [4.69, 9.17) is 39.4 Å². The van der Waals surface area contributed by atoms with Crippen LogP contribution >= 0.6 is 23.2 Å². The second-order valence-corrected chi connectivity index (χ2v) is 3.70. The molecule has 1 aromatic carbocycles. The smallest absolute Gasteiger partial charge is 0.142 e. The first-order chi connectivity index (χ1) is 6.60. The Morgan fingerprint density at radius 1 is 1.43 bits per heavy atom. The van der Waals surface area contributed by atoms with Crippen molar-refractivity contribution in [3.63, 3.8) is 0 Å². The van der Waals surface area contributed by atoms with Crippen molar-refractivity contribution in [1.82, 2.24) is 0 Å². The maximum absolute atomic E-state index is 5.93. The lowest BCUT2D eigenvalue weighted by molar-refractivity contribution is 0.406. The number of benzene rings is 1. The third-order valence-corrected chi connectivity index (χ3v) is 2.39. The predicted molar refractivity (Wildman–Crippen MR) is 59.0 cm³/mol. The van der Waals surface area contributed by atoms with Crippen molar-refractivity contribution in [1.29, 1.82) is 0 Å². The van der Waals surface area contributed by atoms with Crippen LogP contribution in [0.4, 0.5) is 0 Å². The average molecular weight is 235 g/mol. The summed E-state index contributed by atoms with van der Waals surface area (Å²) in [6.45, 7) is 0.313. The zero-order valence-electron chi connectivity index (χ0n) is 7.76. The lowest BCUT2D eigenvalue weighted by Crippen LogP contribution is -2.21. The minimum Gasteiger partial charge on any atom is -0.495 e. The molecule has 0 amide bonds. The van der Waals surface area contributed by atoms with Crippen molar-refractivity contribution < 1.29 is 4.74 Å². The zero-order chi connectivity index (χ0) is 10.7. The van der Waals surface area contributed by atoms with Gasteiger partial charge < -0.3 is 16.2 Å². The molecule has 0 saturated heterocycles. The fourth-order valence-electron chi connectivity index (χ4n) is 1.20. The third kappa shape index (κ3) is 2.30. The summed E-state index contributed by atoms with van der Waals surface area (Å²) in [5, 5.41) is 0.966. The summed E-state index contributed by atoms with van der Waals surface area (Å²) in [5.74, 6) is 0.536. The van der Waals surface area contributed by atoms with Crippen molar-refractivity contribution in [3.8, 4) is 5.75 Å². The molecule has 0 fully saturated rings. The van der Waals surface area contributed by atoms with Crippen molar-refractivity contribution in [2.75, 3.05) is 13.7 Å². The lowest BCUT2D eigenvalue weighted by Gasteiger charge is -2.15. The Balaban J connectivity index is 3.24.